The third-order valence-corrected chi connectivity index (χ3v) is 7.05. The molecule has 0 aliphatic carbocycles. The number of thiazole rings is 1. The molecule has 0 fully saturated rings. The lowest BCUT2D eigenvalue weighted by molar-refractivity contribution is -0.113. The van der Waals surface area contributed by atoms with Crippen LogP contribution in [0.15, 0.2) is 106 Å². The van der Waals surface area contributed by atoms with Crippen LogP contribution in [0.1, 0.15) is 37.4 Å². The fourth-order valence-corrected chi connectivity index (χ4v) is 5.36. The van der Waals surface area contributed by atoms with E-state index in [1.807, 2.05) is 97.9 Å². The van der Waals surface area contributed by atoms with E-state index in [0.29, 0.717) is 32.9 Å². The number of benzene rings is 3. The fourth-order valence-electron chi connectivity index (χ4n) is 4.31. The van der Waals surface area contributed by atoms with Gasteiger partial charge in [0.05, 0.1) is 28.5 Å². The lowest BCUT2D eigenvalue weighted by atomic mass is 9.95. The van der Waals surface area contributed by atoms with E-state index in [1.165, 1.54) is 11.3 Å². The maximum absolute atomic E-state index is 13.7. The van der Waals surface area contributed by atoms with Crippen LogP contribution < -0.4 is 24.9 Å². The van der Waals surface area contributed by atoms with Gasteiger partial charge in [0.2, 0.25) is 0 Å². The highest BCUT2D eigenvalue weighted by atomic mass is 32.1. The first-order valence-electron chi connectivity index (χ1n) is 12.2. The molecule has 6 nitrogen and oxygen atoms in total. The number of hydrogen-bond acceptors (Lipinski definition) is 5. The molecule has 1 aliphatic heterocycles. The number of carbonyl (C=O) groups excluding carboxylic acids is 1. The second-order valence-electron chi connectivity index (χ2n) is 8.73. The Kier molecular flexibility index (Phi) is 7.14. The predicted molar refractivity (Wildman–Crippen MR) is 148 cm³/mol. The summed E-state index contributed by atoms with van der Waals surface area (Å²) in [5.41, 5.74) is 3.28. The molecule has 1 aliphatic rings. The van der Waals surface area contributed by atoms with Gasteiger partial charge < -0.3 is 10.1 Å². The van der Waals surface area contributed by atoms with E-state index in [9.17, 15) is 9.59 Å². The number of nitrogens with zero attached hydrogens (tertiary/aromatic N) is 2. The highest BCUT2D eigenvalue weighted by Gasteiger charge is 2.32. The topological polar surface area (TPSA) is 72.7 Å². The molecule has 1 aromatic heterocycles. The average molecular weight is 510 g/mol. The van der Waals surface area contributed by atoms with E-state index >= 15 is 0 Å². The van der Waals surface area contributed by atoms with Crippen LogP contribution in [-0.2, 0) is 4.79 Å². The minimum Gasteiger partial charge on any atom is -0.494 e. The van der Waals surface area contributed by atoms with Crippen molar-refractivity contribution < 1.29 is 9.53 Å². The zero-order valence-corrected chi connectivity index (χ0v) is 21.5. The summed E-state index contributed by atoms with van der Waals surface area (Å²) in [6, 6.07) is 26.0. The second kappa shape index (κ2) is 10.8. The first-order chi connectivity index (χ1) is 18.0. The molecule has 0 unspecified atom stereocenters. The summed E-state index contributed by atoms with van der Waals surface area (Å²) in [5.74, 6) is 0.521. The number of rotatable bonds is 7. The molecule has 0 saturated heterocycles. The SMILES string of the molecule is CCCOc1ccc(/C=c2\sc3n(c2=O)[C@H](c2ccccc2)C(C(=O)Nc2ccccc2)=C(C)N=3)cc1. The van der Waals surface area contributed by atoms with Gasteiger partial charge in [-0.1, -0.05) is 78.9 Å². The summed E-state index contributed by atoms with van der Waals surface area (Å²) in [4.78, 5) is 32.5. The number of amides is 1. The van der Waals surface area contributed by atoms with E-state index in [4.69, 9.17) is 9.73 Å². The third kappa shape index (κ3) is 5.17. The summed E-state index contributed by atoms with van der Waals surface area (Å²) < 4.78 is 7.86. The number of hydrogen-bond donors (Lipinski definition) is 1. The molecule has 7 heteroatoms. The van der Waals surface area contributed by atoms with Crippen LogP contribution in [0.3, 0.4) is 0 Å². The summed E-state index contributed by atoms with van der Waals surface area (Å²) in [7, 11) is 0. The molecule has 1 amide bonds. The summed E-state index contributed by atoms with van der Waals surface area (Å²) in [6.07, 6.45) is 2.80. The van der Waals surface area contributed by atoms with E-state index in [2.05, 4.69) is 12.2 Å². The Morgan fingerprint density at radius 3 is 2.38 bits per heavy atom. The van der Waals surface area contributed by atoms with Gasteiger partial charge in [0.25, 0.3) is 11.5 Å². The van der Waals surface area contributed by atoms with Crippen molar-refractivity contribution in [1.82, 2.24) is 4.57 Å². The molecule has 1 atom stereocenters. The van der Waals surface area contributed by atoms with Crippen molar-refractivity contribution in [2.45, 2.75) is 26.3 Å². The normalized spacial score (nSPS) is 15.2. The Morgan fingerprint density at radius 1 is 1.03 bits per heavy atom. The molecule has 0 saturated carbocycles. The molecule has 37 heavy (non-hydrogen) atoms. The number of ether oxygens (including phenoxy) is 1. The molecular formula is C30H27N3O3S. The molecule has 1 N–H and O–H groups in total. The van der Waals surface area contributed by atoms with E-state index in [-0.39, 0.29) is 11.5 Å². The maximum Gasteiger partial charge on any atom is 0.271 e. The van der Waals surface area contributed by atoms with Crippen LogP contribution in [0.2, 0.25) is 0 Å². The van der Waals surface area contributed by atoms with Crippen molar-refractivity contribution in [3.8, 4) is 5.75 Å². The Morgan fingerprint density at radius 2 is 1.70 bits per heavy atom. The maximum atomic E-state index is 13.7. The average Bonchev–Trinajstić information content (AvgIpc) is 3.22. The molecule has 5 rings (SSSR count). The number of allylic oxidation sites excluding steroid dienone is 1. The number of carbonyl (C=O) groups is 1. The first kappa shape index (κ1) is 24.5. The predicted octanol–water partition coefficient (Wildman–Crippen LogP) is 4.66. The zero-order chi connectivity index (χ0) is 25.8. The van der Waals surface area contributed by atoms with E-state index in [1.54, 1.807) is 4.57 Å². The number of nitrogens with one attached hydrogen (secondary N) is 1. The minimum absolute atomic E-state index is 0.179. The number of anilines is 1. The fraction of sp³-hybridized carbons (Fsp3) is 0.167. The molecule has 0 spiro atoms. The van der Waals surface area contributed by atoms with Gasteiger partial charge in [0, 0.05) is 5.69 Å². The van der Waals surface area contributed by atoms with Crippen LogP contribution >= 0.6 is 11.3 Å². The highest BCUT2D eigenvalue weighted by Crippen LogP contribution is 2.30. The van der Waals surface area contributed by atoms with Gasteiger partial charge in [-0.25, -0.2) is 4.99 Å². The van der Waals surface area contributed by atoms with Crippen LogP contribution in [0.4, 0.5) is 5.69 Å². The van der Waals surface area contributed by atoms with Crippen molar-refractivity contribution in [2.24, 2.45) is 4.99 Å². The van der Waals surface area contributed by atoms with Gasteiger partial charge in [-0.2, -0.15) is 0 Å². The van der Waals surface area contributed by atoms with Gasteiger partial charge in [0.15, 0.2) is 4.80 Å². The van der Waals surface area contributed by atoms with Crippen LogP contribution in [0.5, 0.6) is 5.75 Å². The van der Waals surface area contributed by atoms with Gasteiger partial charge >= 0.3 is 0 Å². The Bertz CT molecular complexity index is 1620. The van der Waals surface area contributed by atoms with Gasteiger partial charge in [-0.05, 0) is 54.8 Å². The molecule has 186 valence electrons. The van der Waals surface area contributed by atoms with Crippen molar-refractivity contribution >= 4 is 29.0 Å². The van der Waals surface area contributed by atoms with Gasteiger partial charge in [-0.3, -0.25) is 14.2 Å². The lowest BCUT2D eigenvalue weighted by Crippen LogP contribution is -2.40. The molecule has 3 aromatic carbocycles. The second-order valence-corrected chi connectivity index (χ2v) is 9.74. The Balaban J connectivity index is 1.58. The quantitative estimate of drug-likeness (QED) is 0.394. The summed E-state index contributed by atoms with van der Waals surface area (Å²) >= 11 is 1.33. The largest absolute Gasteiger partial charge is 0.494 e. The first-order valence-corrected chi connectivity index (χ1v) is 13.0. The highest BCUT2D eigenvalue weighted by molar-refractivity contribution is 7.07. The summed E-state index contributed by atoms with van der Waals surface area (Å²) in [6.45, 7) is 4.55. The van der Waals surface area contributed by atoms with Gasteiger partial charge in [-0.15, -0.1) is 0 Å². The monoisotopic (exact) mass is 509 g/mol. The summed E-state index contributed by atoms with van der Waals surface area (Å²) in [5, 5.41) is 2.97. The minimum atomic E-state index is -0.590. The smallest absolute Gasteiger partial charge is 0.271 e. The van der Waals surface area contributed by atoms with Crippen molar-refractivity contribution in [2.75, 3.05) is 11.9 Å². The van der Waals surface area contributed by atoms with Crippen LogP contribution in [0, 0.1) is 0 Å². The van der Waals surface area contributed by atoms with Crippen molar-refractivity contribution in [1.29, 1.82) is 0 Å². The van der Waals surface area contributed by atoms with E-state index in [0.717, 1.165) is 23.3 Å². The van der Waals surface area contributed by atoms with E-state index < -0.39 is 6.04 Å². The van der Waals surface area contributed by atoms with Crippen molar-refractivity contribution in [3.05, 3.63) is 127 Å². The standard InChI is InChI=1S/C30H27N3O3S/c1-3-18-36-24-16-14-21(15-17-24)19-25-29(35)33-27(22-10-6-4-7-11-22)26(20(2)31-30(33)37-25)28(34)32-23-12-8-5-9-13-23/h4-17,19,27H,3,18H2,1-2H3,(H,32,34)/b25-19-/t27-/m1/s1. The zero-order valence-electron chi connectivity index (χ0n) is 20.7. The Hall–Kier alpha value is -4.23. The molecule has 0 radical (unpaired) electrons. The van der Waals surface area contributed by atoms with Crippen LogP contribution in [0.25, 0.3) is 6.08 Å². The Labute approximate surface area is 218 Å². The molecule has 0 bridgehead atoms. The van der Waals surface area contributed by atoms with Crippen molar-refractivity contribution in [3.63, 3.8) is 0 Å². The molecule has 4 aromatic rings. The third-order valence-electron chi connectivity index (χ3n) is 6.06. The molecule has 2 heterocycles. The lowest BCUT2D eigenvalue weighted by Gasteiger charge is -2.25. The number of para-hydroxylation sites is 1. The number of aromatic nitrogens is 1. The van der Waals surface area contributed by atoms with Crippen LogP contribution in [-0.4, -0.2) is 17.1 Å². The van der Waals surface area contributed by atoms with Gasteiger partial charge in [0.1, 0.15) is 5.75 Å². The number of fused-ring (bicyclic) bond motifs is 1. The molecular weight excluding hydrogens is 482 g/mol.